The van der Waals surface area contributed by atoms with E-state index in [9.17, 15) is 18.0 Å². The number of pyridine rings is 2. The van der Waals surface area contributed by atoms with Crippen LogP contribution in [0, 0.1) is 0 Å². The van der Waals surface area contributed by atoms with E-state index in [4.69, 9.17) is 11.6 Å². The van der Waals surface area contributed by atoms with Gasteiger partial charge in [0.1, 0.15) is 5.82 Å². The number of halogens is 4. The van der Waals surface area contributed by atoms with Gasteiger partial charge in [-0.15, -0.1) is 0 Å². The van der Waals surface area contributed by atoms with E-state index in [1.165, 1.54) is 24.4 Å². The van der Waals surface area contributed by atoms with E-state index in [-0.39, 0.29) is 11.4 Å². The average Bonchev–Trinajstić information content (AvgIpc) is 3.12. The first-order valence-corrected chi connectivity index (χ1v) is 9.24. The molecule has 0 aliphatic rings. The molecular formula is C21H14ClF3N4O. The Balaban J connectivity index is 1.78. The molecule has 1 unspecified atom stereocenters. The Labute approximate surface area is 174 Å². The second-order valence-corrected chi connectivity index (χ2v) is 6.83. The number of fused-ring (bicyclic) bond motifs is 1. The van der Waals surface area contributed by atoms with Gasteiger partial charge in [0.25, 0.3) is 5.91 Å². The largest absolute Gasteiger partial charge is 0.414 e. The van der Waals surface area contributed by atoms with Crippen molar-refractivity contribution < 1.29 is 18.0 Å². The average molecular weight is 431 g/mol. The fourth-order valence-corrected chi connectivity index (χ4v) is 3.33. The molecule has 30 heavy (non-hydrogen) atoms. The summed E-state index contributed by atoms with van der Waals surface area (Å²) in [6.07, 6.45) is -1.83. The van der Waals surface area contributed by atoms with Crippen molar-refractivity contribution in [3.8, 4) is 11.4 Å². The summed E-state index contributed by atoms with van der Waals surface area (Å²) in [7, 11) is 0. The maximum Gasteiger partial charge on any atom is 0.414 e. The van der Waals surface area contributed by atoms with Gasteiger partial charge in [-0.3, -0.25) is 14.2 Å². The molecule has 1 atom stereocenters. The molecule has 0 radical (unpaired) electrons. The normalized spacial score (nSPS) is 12.7. The summed E-state index contributed by atoms with van der Waals surface area (Å²) >= 11 is 6.26. The highest BCUT2D eigenvalue weighted by molar-refractivity contribution is 6.33. The van der Waals surface area contributed by atoms with Gasteiger partial charge in [0.2, 0.25) is 0 Å². The van der Waals surface area contributed by atoms with Crippen molar-refractivity contribution in [3.63, 3.8) is 0 Å². The molecular weight excluding hydrogens is 417 g/mol. The molecule has 0 fully saturated rings. The fourth-order valence-electron chi connectivity index (χ4n) is 3.11. The number of imidazole rings is 1. The summed E-state index contributed by atoms with van der Waals surface area (Å²) in [6.45, 7) is 0. The van der Waals surface area contributed by atoms with Crippen LogP contribution in [0.15, 0.2) is 73.1 Å². The third kappa shape index (κ3) is 3.73. The van der Waals surface area contributed by atoms with E-state index in [1.807, 2.05) is 5.32 Å². The van der Waals surface area contributed by atoms with Gasteiger partial charge in [-0.2, -0.15) is 13.2 Å². The Morgan fingerprint density at radius 1 is 1.03 bits per heavy atom. The number of hydrogen-bond donors (Lipinski definition) is 1. The van der Waals surface area contributed by atoms with Crippen LogP contribution in [-0.2, 0) is 0 Å². The topological polar surface area (TPSA) is 59.3 Å². The number of nitrogens with zero attached hydrogens (tertiary/aromatic N) is 3. The van der Waals surface area contributed by atoms with Gasteiger partial charge in [-0.05, 0) is 36.4 Å². The fraction of sp³-hybridized carbons (Fsp3) is 0.0952. The van der Waals surface area contributed by atoms with Gasteiger partial charge in [0, 0.05) is 18.0 Å². The van der Waals surface area contributed by atoms with Crippen molar-refractivity contribution in [2.75, 3.05) is 0 Å². The summed E-state index contributed by atoms with van der Waals surface area (Å²) in [5.41, 5.74) is 0.451. The molecule has 3 heterocycles. The number of carbonyl (C=O) groups is 1. The van der Waals surface area contributed by atoms with E-state index in [0.29, 0.717) is 21.9 Å². The number of rotatable bonds is 4. The van der Waals surface area contributed by atoms with Crippen molar-refractivity contribution in [3.05, 3.63) is 89.5 Å². The number of benzene rings is 1. The quantitative estimate of drug-likeness (QED) is 0.491. The summed E-state index contributed by atoms with van der Waals surface area (Å²) < 4.78 is 42.5. The molecule has 5 nitrogen and oxygen atoms in total. The van der Waals surface area contributed by atoms with Crippen LogP contribution in [-0.4, -0.2) is 26.5 Å². The third-order valence-electron chi connectivity index (χ3n) is 4.46. The lowest BCUT2D eigenvalue weighted by Crippen LogP contribution is -2.38. The lowest BCUT2D eigenvalue weighted by molar-refractivity contribution is -0.156. The van der Waals surface area contributed by atoms with Gasteiger partial charge in [0.05, 0.1) is 16.2 Å². The van der Waals surface area contributed by atoms with E-state index in [2.05, 4.69) is 9.97 Å². The number of alkyl halides is 3. The van der Waals surface area contributed by atoms with E-state index in [0.717, 1.165) is 0 Å². The first-order valence-electron chi connectivity index (χ1n) is 8.87. The van der Waals surface area contributed by atoms with Crippen molar-refractivity contribution in [2.45, 2.75) is 12.2 Å². The number of nitrogens with one attached hydrogen (secondary N) is 1. The zero-order valence-corrected chi connectivity index (χ0v) is 16.0. The van der Waals surface area contributed by atoms with E-state index in [1.54, 1.807) is 53.1 Å². The lowest BCUT2D eigenvalue weighted by Gasteiger charge is -2.20. The van der Waals surface area contributed by atoms with Gasteiger partial charge in [0.15, 0.2) is 11.7 Å². The predicted octanol–water partition coefficient (Wildman–Crippen LogP) is 5.08. The molecule has 0 aliphatic carbocycles. The van der Waals surface area contributed by atoms with Crippen LogP contribution in [0.5, 0.6) is 0 Å². The Morgan fingerprint density at radius 3 is 2.47 bits per heavy atom. The minimum absolute atomic E-state index is 0.143. The van der Waals surface area contributed by atoms with Crippen LogP contribution in [0.25, 0.3) is 16.9 Å². The van der Waals surface area contributed by atoms with Gasteiger partial charge >= 0.3 is 6.18 Å². The Hall–Kier alpha value is -3.39. The highest BCUT2D eigenvalue weighted by atomic mass is 35.5. The number of aromatic nitrogens is 3. The lowest BCUT2D eigenvalue weighted by atomic mass is 10.1. The van der Waals surface area contributed by atoms with Crippen LogP contribution >= 0.6 is 11.6 Å². The number of amides is 1. The molecule has 9 heteroatoms. The third-order valence-corrected chi connectivity index (χ3v) is 4.79. The molecule has 152 valence electrons. The summed E-state index contributed by atoms with van der Waals surface area (Å²) in [4.78, 5) is 20.9. The predicted molar refractivity (Wildman–Crippen MR) is 106 cm³/mol. The van der Waals surface area contributed by atoms with Gasteiger partial charge < -0.3 is 5.32 Å². The van der Waals surface area contributed by atoms with Crippen LogP contribution in [0.1, 0.15) is 22.2 Å². The smallest absolute Gasteiger partial charge is 0.334 e. The van der Waals surface area contributed by atoms with E-state index < -0.39 is 18.1 Å². The molecule has 1 N–H and O–H groups in total. The van der Waals surface area contributed by atoms with Crippen LogP contribution < -0.4 is 5.32 Å². The maximum atomic E-state index is 13.6. The minimum atomic E-state index is -4.73. The van der Waals surface area contributed by atoms with Crippen molar-refractivity contribution >= 4 is 23.0 Å². The summed E-state index contributed by atoms with van der Waals surface area (Å²) in [5.74, 6) is -0.618. The van der Waals surface area contributed by atoms with Crippen molar-refractivity contribution in [2.24, 2.45) is 0 Å². The Kier molecular flexibility index (Phi) is 5.17. The molecule has 0 saturated heterocycles. The molecule has 1 aromatic carbocycles. The molecule has 0 saturated carbocycles. The molecule has 1 amide bonds. The number of carbonyl (C=O) groups excluding carboxylic acids is 1. The molecule has 0 bridgehead atoms. The molecule has 0 aliphatic heterocycles. The Bertz CT molecular complexity index is 1210. The highest BCUT2D eigenvalue weighted by Gasteiger charge is 2.43. The molecule has 4 rings (SSSR count). The van der Waals surface area contributed by atoms with Crippen molar-refractivity contribution in [1.82, 2.24) is 19.7 Å². The van der Waals surface area contributed by atoms with Crippen molar-refractivity contribution in [1.29, 1.82) is 0 Å². The maximum absolute atomic E-state index is 13.6. The Morgan fingerprint density at radius 2 is 1.77 bits per heavy atom. The first kappa shape index (κ1) is 19.9. The van der Waals surface area contributed by atoms with Crippen LogP contribution in [0.3, 0.4) is 0 Å². The number of hydrogen-bond acceptors (Lipinski definition) is 3. The first-order chi connectivity index (χ1) is 14.4. The standard InChI is InChI=1S/C21H14ClF3N4O/c22-14-8-2-1-7-13(14)19-27-17(16-10-4-6-12-29(16)19)20(30)28-18(21(23,24)25)15-9-3-5-11-26-15/h1-12,18H,(H,28,30). The summed E-state index contributed by atoms with van der Waals surface area (Å²) in [5, 5.41) is 2.43. The minimum Gasteiger partial charge on any atom is -0.334 e. The molecule has 3 aromatic heterocycles. The molecule has 0 spiro atoms. The summed E-state index contributed by atoms with van der Waals surface area (Å²) in [6, 6.07) is 13.8. The highest BCUT2D eigenvalue weighted by Crippen LogP contribution is 2.33. The zero-order valence-electron chi connectivity index (χ0n) is 15.3. The monoisotopic (exact) mass is 430 g/mol. The van der Waals surface area contributed by atoms with Gasteiger partial charge in [-0.1, -0.05) is 35.9 Å². The molecule has 4 aromatic rings. The zero-order chi connectivity index (χ0) is 21.3. The van der Waals surface area contributed by atoms with Crippen LogP contribution in [0.4, 0.5) is 13.2 Å². The second-order valence-electron chi connectivity index (χ2n) is 6.42. The second kappa shape index (κ2) is 7.79. The van der Waals surface area contributed by atoms with E-state index >= 15 is 0 Å². The van der Waals surface area contributed by atoms with Crippen LogP contribution in [0.2, 0.25) is 5.02 Å². The van der Waals surface area contributed by atoms with Gasteiger partial charge in [-0.25, -0.2) is 4.98 Å². The SMILES string of the molecule is O=C(NC(c1ccccn1)C(F)(F)F)c1nc(-c2ccccc2Cl)n2ccccc12.